The van der Waals surface area contributed by atoms with Gasteiger partial charge in [-0.25, -0.2) is 0 Å². The Morgan fingerprint density at radius 1 is 1.50 bits per heavy atom. The van der Waals surface area contributed by atoms with Crippen LogP contribution in [0, 0.1) is 2.88 Å². The predicted molar refractivity (Wildman–Crippen MR) is 71.7 cm³/mol. The maximum Gasteiger partial charge on any atom is 0.269 e. The molecular weight excluding hydrogens is 337 g/mol. The van der Waals surface area contributed by atoms with Gasteiger partial charge < -0.3 is 5.32 Å². The van der Waals surface area contributed by atoms with Crippen LogP contribution < -0.4 is 5.32 Å². The Hall–Kier alpha value is -0.890. The van der Waals surface area contributed by atoms with E-state index in [0.29, 0.717) is 12.2 Å². The van der Waals surface area contributed by atoms with Gasteiger partial charge in [-0.3, -0.25) is 9.89 Å². The van der Waals surface area contributed by atoms with E-state index in [0.717, 1.165) is 6.42 Å². The van der Waals surface area contributed by atoms with Crippen molar-refractivity contribution in [1.29, 1.82) is 0 Å². The van der Waals surface area contributed by atoms with Crippen molar-refractivity contribution in [2.24, 2.45) is 0 Å². The molecule has 2 rings (SSSR count). The molecule has 0 aliphatic heterocycles. The van der Waals surface area contributed by atoms with Crippen molar-refractivity contribution in [3.05, 3.63) is 37.9 Å². The Labute approximate surface area is 111 Å². The summed E-state index contributed by atoms with van der Waals surface area (Å²) in [5, 5.41) is 9.19. The van der Waals surface area contributed by atoms with Crippen LogP contribution in [0.15, 0.2) is 24.4 Å². The monoisotopic (exact) mass is 347 g/mol. The van der Waals surface area contributed by atoms with Gasteiger partial charge in [0.25, 0.3) is 5.91 Å². The number of thiophene rings is 1. The Balaban J connectivity index is 1.78. The number of carbonyl (C=O) groups is 1. The number of carbonyl (C=O) groups excluding carboxylic acids is 1. The lowest BCUT2D eigenvalue weighted by Gasteiger charge is -2.01. The molecule has 2 heterocycles. The summed E-state index contributed by atoms with van der Waals surface area (Å²) in [7, 11) is 0. The van der Waals surface area contributed by atoms with Gasteiger partial charge in [0.05, 0.1) is 2.88 Å². The Morgan fingerprint density at radius 3 is 3.00 bits per heavy atom. The first-order chi connectivity index (χ1) is 7.75. The first-order valence-electron chi connectivity index (χ1n) is 4.77. The van der Waals surface area contributed by atoms with Crippen LogP contribution in [0.1, 0.15) is 15.4 Å². The molecule has 0 bridgehead atoms. The Kier molecular flexibility index (Phi) is 3.94. The van der Waals surface area contributed by atoms with Gasteiger partial charge in [-0.1, -0.05) is 0 Å². The van der Waals surface area contributed by atoms with E-state index in [1.165, 1.54) is 7.76 Å². The van der Waals surface area contributed by atoms with Crippen LogP contribution >= 0.6 is 33.9 Å². The van der Waals surface area contributed by atoms with Gasteiger partial charge in [0.2, 0.25) is 0 Å². The topological polar surface area (TPSA) is 57.8 Å². The van der Waals surface area contributed by atoms with Crippen LogP contribution in [0.2, 0.25) is 0 Å². The number of rotatable bonds is 4. The van der Waals surface area contributed by atoms with E-state index in [-0.39, 0.29) is 5.91 Å². The predicted octanol–water partition coefficient (Wildman–Crippen LogP) is 2.05. The molecule has 2 aromatic rings. The number of nitrogens with zero attached hydrogens (tertiary/aromatic N) is 1. The number of aromatic amines is 1. The van der Waals surface area contributed by atoms with Crippen molar-refractivity contribution in [2.75, 3.05) is 6.54 Å². The summed E-state index contributed by atoms with van der Waals surface area (Å²) in [4.78, 5) is 12.8. The molecule has 4 nitrogen and oxygen atoms in total. The molecule has 2 N–H and O–H groups in total. The molecule has 84 valence electrons. The number of amides is 1. The lowest BCUT2D eigenvalue weighted by atomic mass is 10.3. The summed E-state index contributed by atoms with van der Waals surface area (Å²) < 4.78 is 1.27. The zero-order chi connectivity index (χ0) is 11.4. The van der Waals surface area contributed by atoms with Gasteiger partial charge in [-0.2, -0.15) is 5.10 Å². The summed E-state index contributed by atoms with van der Waals surface area (Å²) in [5.74, 6) is -0.108. The van der Waals surface area contributed by atoms with Crippen LogP contribution in [0.4, 0.5) is 0 Å². The molecule has 0 aliphatic carbocycles. The molecule has 0 aromatic carbocycles. The van der Waals surface area contributed by atoms with Crippen LogP contribution in [-0.2, 0) is 6.42 Å². The van der Waals surface area contributed by atoms with Crippen molar-refractivity contribution in [3.8, 4) is 0 Å². The van der Waals surface area contributed by atoms with E-state index in [2.05, 4.69) is 50.2 Å². The molecule has 0 saturated heterocycles. The number of halogens is 1. The minimum Gasteiger partial charge on any atom is -0.350 e. The van der Waals surface area contributed by atoms with Crippen molar-refractivity contribution in [2.45, 2.75) is 6.42 Å². The quantitative estimate of drug-likeness (QED) is 0.832. The van der Waals surface area contributed by atoms with Crippen LogP contribution in [0.25, 0.3) is 0 Å². The summed E-state index contributed by atoms with van der Waals surface area (Å²) in [6.07, 6.45) is 2.43. The first-order valence-corrected chi connectivity index (χ1v) is 6.67. The molecule has 16 heavy (non-hydrogen) atoms. The average Bonchev–Trinajstić information content (AvgIpc) is 2.89. The van der Waals surface area contributed by atoms with E-state index in [1.807, 2.05) is 0 Å². The van der Waals surface area contributed by atoms with Crippen LogP contribution in [-0.4, -0.2) is 22.6 Å². The SMILES string of the molecule is O=C(NCCc1ccc(I)s1)c1ccn[nH]1. The summed E-state index contributed by atoms with van der Waals surface area (Å²) in [6, 6.07) is 5.83. The highest BCUT2D eigenvalue weighted by Crippen LogP contribution is 2.18. The normalized spacial score (nSPS) is 10.3. The molecular formula is C10H10IN3OS. The van der Waals surface area contributed by atoms with E-state index in [9.17, 15) is 4.79 Å². The number of hydrogen-bond donors (Lipinski definition) is 2. The number of hydrogen-bond acceptors (Lipinski definition) is 3. The standard InChI is InChI=1S/C10H10IN3OS/c11-9-2-1-7(16-9)3-5-12-10(15)8-4-6-13-14-8/h1-2,4,6H,3,5H2,(H,12,15)(H,13,14). The van der Waals surface area contributed by atoms with E-state index >= 15 is 0 Å². The fourth-order valence-corrected chi connectivity index (χ4v) is 3.02. The molecule has 0 fully saturated rings. The van der Waals surface area contributed by atoms with Gasteiger partial charge in [0, 0.05) is 17.6 Å². The van der Waals surface area contributed by atoms with Gasteiger partial charge in [0.15, 0.2) is 0 Å². The maximum absolute atomic E-state index is 11.5. The number of H-pyrrole nitrogens is 1. The summed E-state index contributed by atoms with van der Waals surface area (Å²) in [5.41, 5.74) is 0.501. The fraction of sp³-hybridized carbons (Fsp3) is 0.200. The third kappa shape index (κ3) is 3.05. The molecule has 0 atom stereocenters. The van der Waals surface area contributed by atoms with Crippen molar-refractivity contribution in [3.63, 3.8) is 0 Å². The summed E-state index contributed by atoms with van der Waals surface area (Å²) >= 11 is 4.04. The Morgan fingerprint density at radius 2 is 2.38 bits per heavy atom. The van der Waals surface area contributed by atoms with Gasteiger partial charge in [-0.05, 0) is 47.2 Å². The number of aromatic nitrogens is 2. The van der Waals surface area contributed by atoms with E-state index in [4.69, 9.17) is 0 Å². The minimum absolute atomic E-state index is 0.108. The van der Waals surface area contributed by atoms with E-state index in [1.54, 1.807) is 23.6 Å². The van der Waals surface area contributed by atoms with Crippen LogP contribution in [0.3, 0.4) is 0 Å². The largest absolute Gasteiger partial charge is 0.350 e. The van der Waals surface area contributed by atoms with E-state index < -0.39 is 0 Å². The maximum atomic E-state index is 11.5. The van der Waals surface area contributed by atoms with Gasteiger partial charge in [-0.15, -0.1) is 11.3 Å². The van der Waals surface area contributed by atoms with Crippen LogP contribution in [0.5, 0.6) is 0 Å². The lowest BCUT2D eigenvalue weighted by Crippen LogP contribution is -2.25. The van der Waals surface area contributed by atoms with Gasteiger partial charge >= 0.3 is 0 Å². The molecule has 2 aromatic heterocycles. The molecule has 1 amide bonds. The van der Waals surface area contributed by atoms with Crippen molar-refractivity contribution in [1.82, 2.24) is 15.5 Å². The molecule has 0 aliphatic rings. The Bertz CT molecular complexity index is 466. The fourth-order valence-electron chi connectivity index (χ4n) is 1.26. The molecule has 0 spiro atoms. The lowest BCUT2D eigenvalue weighted by molar-refractivity contribution is 0.0949. The van der Waals surface area contributed by atoms with Gasteiger partial charge in [0.1, 0.15) is 5.69 Å². The summed E-state index contributed by atoms with van der Waals surface area (Å²) in [6.45, 7) is 0.647. The highest BCUT2D eigenvalue weighted by atomic mass is 127. The number of nitrogens with one attached hydrogen (secondary N) is 2. The highest BCUT2D eigenvalue weighted by molar-refractivity contribution is 14.1. The zero-order valence-corrected chi connectivity index (χ0v) is 11.3. The zero-order valence-electron chi connectivity index (χ0n) is 8.37. The third-order valence-electron chi connectivity index (χ3n) is 2.03. The minimum atomic E-state index is -0.108. The molecule has 0 saturated carbocycles. The highest BCUT2D eigenvalue weighted by Gasteiger charge is 2.05. The second-order valence-electron chi connectivity index (χ2n) is 3.18. The molecule has 0 unspecified atom stereocenters. The second kappa shape index (κ2) is 5.44. The first kappa shape index (κ1) is 11.6. The second-order valence-corrected chi connectivity index (χ2v) is 6.24. The third-order valence-corrected chi connectivity index (χ3v) is 3.98. The smallest absolute Gasteiger partial charge is 0.269 e. The van der Waals surface area contributed by atoms with Crippen molar-refractivity contribution < 1.29 is 4.79 Å². The molecule has 6 heteroatoms. The average molecular weight is 347 g/mol. The molecule has 0 radical (unpaired) electrons. The van der Waals surface area contributed by atoms with Crippen molar-refractivity contribution >= 4 is 39.8 Å².